The average molecular weight is 827 g/mol. The van der Waals surface area contributed by atoms with Crippen LogP contribution in [-0.2, 0) is 31.7 Å². The molecule has 2 aromatic carbocycles. The molecule has 0 aliphatic heterocycles. The average Bonchev–Trinajstić information content (AvgIpc) is 3.19. The molecule has 0 bridgehead atoms. The molecular formula is C45H62F4N6O4. The van der Waals surface area contributed by atoms with E-state index in [2.05, 4.69) is 47.5 Å². The quantitative estimate of drug-likeness (QED) is 0.0381. The molecule has 0 heterocycles. The number of nitrogens with zero attached hydrogens (tertiary/aromatic N) is 5. The highest BCUT2D eigenvalue weighted by Crippen LogP contribution is 2.32. The molecule has 0 aromatic heterocycles. The van der Waals surface area contributed by atoms with Gasteiger partial charge in [0.25, 0.3) is 0 Å². The summed E-state index contributed by atoms with van der Waals surface area (Å²) in [7, 11) is 5.79. The number of hydrogen-bond donors (Lipinski definition) is 1. The molecule has 1 N–H and O–H groups in total. The number of halogens is 4. The van der Waals surface area contributed by atoms with Gasteiger partial charge in [0.1, 0.15) is 11.7 Å². The van der Waals surface area contributed by atoms with E-state index in [0.29, 0.717) is 24.2 Å². The zero-order valence-electron chi connectivity index (χ0n) is 35.9. The third-order valence-corrected chi connectivity index (χ3v) is 8.01. The standard InChI is InChI=1S/C38H43F4N5O3.C4H11N.C3H8O/c1-6-8-11-14-28(3)25-45-37(47(30(5)49)32-15-12-10-13-16-32)35(19-21-44-27-48)46(26-29(4)24-43-20-9-7-2)36(50)23-31-17-18-33(34(39)22-31)38(40,41)42;1-4-5(2)3;1-3-4-2/h6-18,20,22,24-25,27,29,35H,2,19,21,23,26H2,1,3-5H3,(H,44,48);4H2,1-3H3;3H2,1-2H3/b8-6-,14-11-,20-9-,28-25+,43-24?,45-37?;;. The van der Waals surface area contributed by atoms with E-state index in [-0.39, 0.29) is 36.8 Å². The summed E-state index contributed by atoms with van der Waals surface area (Å²) in [6.45, 7) is 16.6. The summed E-state index contributed by atoms with van der Waals surface area (Å²) in [4.78, 5) is 52.9. The smallest absolute Gasteiger partial charge is 0.385 e. The summed E-state index contributed by atoms with van der Waals surface area (Å²) in [6.07, 6.45) is 10.4. The summed E-state index contributed by atoms with van der Waals surface area (Å²) in [6, 6.07) is 10.0. The fourth-order valence-electron chi connectivity index (χ4n) is 4.82. The van der Waals surface area contributed by atoms with Crippen LogP contribution < -0.4 is 10.2 Å². The highest BCUT2D eigenvalue weighted by Gasteiger charge is 2.36. The fourth-order valence-corrected chi connectivity index (χ4v) is 4.82. The lowest BCUT2D eigenvalue weighted by Crippen LogP contribution is -2.55. The van der Waals surface area contributed by atoms with Crippen LogP contribution in [0.4, 0.5) is 23.2 Å². The number of carbonyl (C=O) groups excluding carboxylic acids is 3. The van der Waals surface area contributed by atoms with Gasteiger partial charge in [-0.15, -0.1) is 0 Å². The van der Waals surface area contributed by atoms with Crippen LogP contribution in [-0.4, -0.2) is 93.6 Å². The molecule has 0 saturated carbocycles. The van der Waals surface area contributed by atoms with Gasteiger partial charge in [0.05, 0.1) is 23.7 Å². The summed E-state index contributed by atoms with van der Waals surface area (Å²) in [5.41, 5.74) is -0.250. The Morgan fingerprint density at radius 2 is 1.68 bits per heavy atom. The lowest BCUT2D eigenvalue weighted by Gasteiger charge is -2.37. The van der Waals surface area contributed by atoms with E-state index in [1.165, 1.54) is 22.9 Å². The first-order chi connectivity index (χ1) is 28.0. The maximum atomic E-state index is 14.6. The van der Waals surface area contributed by atoms with Crippen molar-refractivity contribution in [2.45, 2.75) is 66.6 Å². The van der Waals surface area contributed by atoms with E-state index in [0.717, 1.165) is 24.8 Å². The van der Waals surface area contributed by atoms with Crippen molar-refractivity contribution >= 4 is 36.0 Å². The van der Waals surface area contributed by atoms with Crippen LogP contribution in [0.3, 0.4) is 0 Å². The van der Waals surface area contributed by atoms with Crippen LogP contribution in [0.25, 0.3) is 0 Å². The minimum Gasteiger partial charge on any atom is -0.385 e. The predicted octanol–water partition coefficient (Wildman–Crippen LogP) is 8.84. The van der Waals surface area contributed by atoms with Gasteiger partial charge >= 0.3 is 6.18 Å². The van der Waals surface area contributed by atoms with Gasteiger partial charge in [-0.05, 0) is 89.3 Å². The van der Waals surface area contributed by atoms with E-state index in [9.17, 15) is 31.9 Å². The number of alkyl halides is 3. The molecular weight excluding hydrogens is 765 g/mol. The Hall–Kier alpha value is -5.47. The Balaban J connectivity index is 0.00000336. The minimum atomic E-state index is -4.91. The molecule has 2 atom stereocenters. The van der Waals surface area contributed by atoms with Crippen molar-refractivity contribution in [1.82, 2.24) is 15.1 Å². The van der Waals surface area contributed by atoms with Crippen molar-refractivity contribution < 1.29 is 36.7 Å². The van der Waals surface area contributed by atoms with Crippen LogP contribution in [0.5, 0.6) is 0 Å². The van der Waals surface area contributed by atoms with Gasteiger partial charge in [-0.3, -0.25) is 24.3 Å². The predicted molar refractivity (Wildman–Crippen MR) is 233 cm³/mol. The van der Waals surface area contributed by atoms with Crippen LogP contribution in [0.1, 0.15) is 59.1 Å². The van der Waals surface area contributed by atoms with Gasteiger partial charge in [-0.1, -0.05) is 75.1 Å². The van der Waals surface area contributed by atoms with Gasteiger partial charge in [-0.2, -0.15) is 13.2 Å². The number of para-hydroxylation sites is 1. The van der Waals surface area contributed by atoms with Crippen LogP contribution in [0.2, 0.25) is 0 Å². The molecule has 0 spiro atoms. The number of nitrogens with one attached hydrogen (secondary N) is 1. The van der Waals surface area contributed by atoms with E-state index in [4.69, 9.17) is 4.99 Å². The maximum absolute atomic E-state index is 14.6. The molecule has 14 heteroatoms. The number of carbonyl (C=O) groups is 3. The van der Waals surface area contributed by atoms with Crippen molar-refractivity contribution in [1.29, 1.82) is 0 Å². The molecule has 2 aromatic rings. The minimum absolute atomic E-state index is 0.0142. The first-order valence-corrected chi connectivity index (χ1v) is 19.2. The van der Waals surface area contributed by atoms with E-state index < -0.39 is 41.8 Å². The Morgan fingerprint density at radius 3 is 2.19 bits per heavy atom. The van der Waals surface area contributed by atoms with Crippen LogP contribution in [0, 0.1) is 11.7 Å². The van der Waals surface area contributed by atoms with E-state index >= 15 is 0 Å². The molecule has 324 valence electrons. The highest BCUT2D eigenvalue weighted by atomic mass is 19.4. The molecule has 2 unspecified atom stereocenters. The number of amidine groups is 1. The van der Waals surface area contributed by atoms with Gasteiger partial charge in [0.15, 0.2) is 0 Å². The summed E-state index contributed by atoms with van der Waals surface area (Å²) >= 11 is 0. The second-order valence-electron chi connectivity index (χ2n) is 13.2. The number of aliphatic imine (C=N–C) groups is 2. The molecule has 0 radical (unpaired) electrons. The van der Waals surface area contributed by atoms with Gasteiger partial charge in [0.2, 0.25) is 18.2 Å². The first kappa shape index (κ1) is 53.5. The molecule has 10 nitrogen and oxygen atoms in total. The lowest BCUT2D eigenvalue weighted by atomic mass is 10.0. The van der Waals surface area contributed by atoms with Crippen LogP contribution >= 0.6 is 0 Å². The fraction of sp³-hybridized carbons (Fsp3) is 0.400. The number of amides is 3. The highest BCUT2D eigenvalue weighted by molar-refractivity contribution is 6.19. The Morgan fingerprint density at radius 1 is 1.03 bits per heavy atom. The molecule has 0 aliphatic carbocycles. The van der Waals surface area contributed by atoms with E-state index in [1.807, 2.05) is 45.1 Å². The van der Waals surface area contributed by atoms with E-state index in [1.54, 1.807) is 68.9 Å². The van der Waals surface area contributed by atoms with Crippen molar-refractivity contribution in [3.05, 3.63) is 126 Å². The van der Waals surface area contributed by atoms with Crippen molar-refractivity contribution in [2.75, 3.05) is 52.3 Å². The zero-order valence-corrected chi connectivity index (χ0v) is 35.9. The Labute approximate surface area is 348 Å². The number of allylic oxidation sites excluding steroid dienone is 7. The van der Waals surface area contributed by atoms with Crippen molar-refractivity contribution in [3.63, 3.8) is 0 Å². The summed E-state index contributed by atoms with van der Waals surface area (Å²) in [5.74, 6) is -2.74. The third-order valence-electron chi connectivity index (χ3n) is 8.01. The molecule has 0 aliphatic rings. The number of rotatable bonds is 19. The molecule has 59 heavy (non-hydrogen) atoms. The molecule has 0 fully saturated rings. The normalized spacial score (nSPS) is 13.2. The summed E-state index contributed by atoms with van der Waals surface area (Å²) in [5, 5.41) is 2.60. The number of hydrogen-bond acceptors (Lipinski definition) is 7. The van der Waals surface area contributed by atoms with Crippen molar-refractivity contribution in [2.24, 2.45) is 15.9 Å². The monoisotopic (exact) mass is 826 g/mol. The number of ether oxygens (including phenoxy) is 1. The Bertz CT molecular complexity index is 1740. The third kappa shape index (κ3) is 22.3. The molecule has 3 amide bonds. The SMILES string of the molecule is C=C/C=C\N=CC(C)CN(C(=O)Cc1ccc(C(F)(F)F)c(F)c1)C(CCNC=O)C(=N/C=C(C)/C=C\C=C/C)N(C(C)=O)c1ccccc1.CCN(C)C.CCOC. The second kappa shape index (κ2) is 30.6. The molecule has 0 saturated heterocycles. The van der Waals surface area contributed by atoms with Gasteiger partial charge in [0, 0.05) is 58.3 Å². The van der Waals surface area contributed by atoms with Crippen LogP contribution in [0.15, 0.2) is 120 Å². The second-order valence-corrected chi connectivity index (χ2v) is 13.2. The number of benzene rings is 2. The first-order valence-electron chi connectivity index (χ1n) is 19.2. The van der Waals surface area contributed by atoms with Crippen molar-refractivity contribution in [3.8, 4) is 0 Å². The maximum Gasteiger partial charge on any atom is 0.419 e. The topological polar surface area (TPSA) is 107 Å². The largest absolute Gasteiger partial charge is 0.419 e. The van der Waals surface area contributed by atoms with Gasteiger partial charge < -0.3 is 19.9 Å². The number of anilines is 1. The number of methoxy groups -OCH3 is 1. The van der Waals surface area contributed by atoms with Gasteiger partial charge in [-0.25, -0.2) is 9.38 Å². The molecule has 2 rings (SSSR count). The summed E-state index contributed by atoms with van der Waals surface area (Å²) < 4.78 is 59.0. The Kier molecular flexibility index (Phi) is 27.8. The lowest BCUT2D eigenvalue weighted by molar-refractivity contribution is -0.140. The zero-order chi connectivity index (χ0) is 44.8.